The van der Waals surface area contributed by atoms with E-state index in [0.717, 1.165) is 24.6 Å². The molecule has 0 saturated carbocycles. The monoisotopic (exact) mass is 404 g/mol. The van der Waals surface area contributed by atoms with E-state index >= 15 is 0 Å². The van der Waals surface area contributed by atoms with Gasteiger partial charge in [-0.05, 0) is 42.5 Å². The molecule has 0 radical (unpaired) electrons. The standard InChI is InChI=1S/C15H13ClO7S2/c1-24(18,19)22-13-8-5-11(9-14(13)23-25(2,20)21)15(17)10-3-6-12(16)7-4-10/h3-9H,1-2H3. The lowest BCUT2D eigenvalue weighted by Gasteiger charge is -2.11. The number of hydrogen-bond donors (Lipinski definition) is 0. The molecule has 0 aliphatic heterocycles. The van der Waals surface area contributed by atoms with Crippen molar-refractivity contribution in [2.75, 3.05) is 12.5 Å². The molecular formula is C15H13ClO7S2. The fourth-order valence-electron chi connectivity index (χ4n) is 1.88. The van der Waals surface area contributed by atoms with E-state index in [1.165, 1.54) is 30.3 Å². The highest BCUT2D eigenvalue weighted by atomic mass is 35.5. The molecule has 0 aliphatic rings. The first-order chi connectivity index (χ1) is 11.4. The van der Waals surface area contributed by atoms with E-state index in [1.807, 2.05) is 0 Å². The Morgan fingerprint density at radius 3 is 1.80 bits per heavy atom. The summed E-state index contributed by atoms with van der Waals surface area (Å²) in [5, 5.41) is 0.453. The third-order valence-electron chi connectivity index (χ3n) is 2.79. The molecule has 10 heteroatoms. The second-order valence-corrected chi connectivity index (χ2v) is 8.66. The molecule has 0 unspecified atom stereocenters. The van der Waals surface area contributed by atoms with E-state index in [0.29, 0.717) is 10.6 Å². The lowest BCUT2D eigenvalue weighted by Crippen LogP contribution is -2.11. The molecule has 0 spiro atoms. The van der Waals surface area contributed by atoms with Crippen molar-refractivity contribution in [3.63, 3.8) is 0 Å². The number of ketones is 1. The molecule has 2 aromatic rings. The minimum Gasteiger partial charge on any atom is -0.379 e. The molecule has 0 aliphatic carbocycles. The molecule has 2 rings (SSSR count). The average molecular weight is 405 g/mol. The molecule has 0 bridgehead atoms. The van der Waals surface area contributed by atoms with Crippen LogP contribution in [0.1, 0.15) is 15.9 Å². The number of carbonyl (C=O) groups is 1. The maximum absolute atomic E-state index is 12.5. The van der Waals surface area contributed by atoms with Crippen molar-refractivity contribution in [3.8, 4) is 11.5 Å². The van der Waals surface area contributed by atoms with Gasteiger partial charge < -0.3 is 8.37 Å². The van der Waals surface area contributed by atoms with Crippen LogP contribution in [0.3, 0.4) is 0 Å². The molecule has 134 valence electrons. The van der Waals surface area contributed by atoms with Crippen LogP contribution < -0.4 is 8.37 Å². The minimum absolute atomic E-state index is 0.0850. The highest BCUT2D eigenvalue weighted by Gasteiger charge is 2.19. The van der Waals surface area contributed by atoms with Gasteiger partial charge in [-0.2, -0.15) is 16.8 Å². The van der Waals surface area contributed by atoms with Crippen LogP contribution in [-0.4, -0.2) is 35.1 Å². The zero-order valence-electron chi connectivity index (χ0n) is 13.1. The van der Waals surface area contributed by atoms with Crippen molar-refractivity contribution in [2.24, 2.45) is 0 Å². The van der Waals surface area contributed by atoms with Crippen molar-refractivity contribution in [2.45, 2.75) is 0 Å². The number of halogens is 1. The molecule has 0 heterocycles. The second kappa shape index (κ2) is 7.03. The first-order valence-corrected chi connectivity index (χ1v) is 10.7. The molecule has 0 atom stereocenters. The first-order valence-electron chi connectivity index (χ1n) is 6.68. The molecule has 0 fully saturated rings. The highest BCUT2D eigenvalue weighted by Crippen LogP contribution is 2.31. The molecule has 0 saturated heterocycles. The van der Waals surface area contributed by atoms with Crippen molar-refractivity contribution in [3.05, 3.63) is 58.6 Å². The lowest BCUT2D eigenvalue weighted by atomic mass is 10.0. The summed E-state index contributed by atoms with van der Waals surface area (Å²) in [6, 6.07) is 9.61. The maximum atomic E-state index is 12.5. The summed E-state index contributed by atoms with van der Waals surface area (Å²) in [7, 11) is -7.89. The third-order valence-corrected chi connectivity index (χ3v) is 4.01. The Kier molecular flexibility index (Phi) is 5.40. The topological polar surface area (TPSA) is 104 Å². The summed E-state index contributed by atoms with van der Waals surface area (Å²) >= 11 is 5.77. The minimum atomic E-state index is -3.97. The number of benzene rings is 2. The Morgan fingerprint density at radius 2 is 1.28 bits per heavy atom. The Hall–Kier alpha value is -2.10. The van der Waals surface area contributed by atoms with Crippen LogP contribution in [0.5, 0.6) is 11.5 Å². The van der Waals surface area contributed by atoms with E-state index in [-0.39, 0.29) is 11.3 Å². The van der Waals surface area contributed by atoms with Gasteiger partial charge in [0, 0.05) is 16.1 Å². The van der Waals surface area contributed by atoms with Crippen LogP contribution in [0.4, 0.5) is 0 Å². The summed E-state index contributed by atoms with van der Waals surface area (Å²) in [6.45, 7) is 0. The summed E-state index contributed by atoms with van der Waals surface area (Å²) in [4.78, 5) is 12.5. The Labute approximate surface area is 150 Å². The Morgan fingerprint density at radius 1 is 0.800 bits per heavy atom. The quantitative estimate of drug-likeness (QED) is 0.537. The van der Waals surface area contributed by atoms with Crippen molar-refractivity contribution < 1.29 is 30.0 Å². The second-order valence-electron chi connectivity index (χ2n) is 5.07. The van der Waals surface area contributed by atoms with Crippen LogP contribution in [-0.2, 0) is 20.2 Å². The predicted octanol–water partition coefficient (Wildman–Crippen LogP) is 2.25. The van der Waals surface area contributed by atoms with Gasteiger partial charge in [0.2, 0.25) is 0 Å². The van der Waals surface area contributed by atoms with Gasteiger partial charge in [-0.15, -0.1) is 0 Å². The Balaban J connectivity index is 2.48. The van der Waals surface area contributed by atoms with Crippen molar-refractivity contribution in [1.29, 1.82) is 0 Å². The SMILES string of the molecule is CS(=O)(=O)Oc1ccc(C(=O)c2ccc(Cl)cc2)cc1OS(C)(=O)=O. The van der Waals surface area contributed by atoms with E-state index in [4.69, 9.17) is 15.8 Å². The van der Waals surface area contributed by atoms with E-state index in [1.54, 1.807) is 0 Å². The molecule has 0 aromatic heterocycles. The van der Waals surface area contributed by atoms with Crippen molar-refractivity contribution in [1.82, 2.24) is 0 Å². The van der Waals surface area contributed by atoms with E-state index in [9.17, 15) is 21.6 Å². The molecule has 2 aromatic carbocycles. The predicted molar refractivity (Wildman–Crippen MR) is 92.3 cm³/mol. The maximum Gasteiger partial charge on any atom is 0.306 e. The smallest absolute Gasteiger partial charge is 0.306 e. The molecule has 7 nitrogen and oxygen atoms in total. The van der Waals surface area contributed by atoms with Crippen LogP contribution >= 0.6 is 11.6 Å². The first kappa shape index (κ1) is 19.2. The highest BCUT2D eigenvalue weighted by molar-refractivity contribution is 7.86. The molecule has 0 N–H and O–H groups in total. The van der Waals surface area contributed by atoms with Gasteiger partial charge in [-0.3, -0.25) is 4.79 Å². The van der Waals surface area contributed by atoms with Gasteiger partial charge in [0.1, 0.15) is 0 Å². The largest absolute Gasteiger partial charge is 0.379 e. The van der Waals surface area contributed by atoms with Gasteiger partial charge in [0.25, 0.3) is 0 Å². The van der Waals surface area contributed by atoms with Gasteiger partial charge in [-0.1, -0.05) is 11.6 Å². The molecule has 25 heavy (non-hydrogen) atoms. The zero-order chi connectivity index (χ0) is 18.8. The Bertz CT molecular complexity index is 1010. The van der Waals surface area contributed by atoms with Gasteiger partial charge >= 0.3 is 20.2 Å². The fraction of sp³-hybridized carbons (Fsp3) is 0.133. The third kappa shape index (κ3) is 5.73. The summed E-state index contributed by atoms with van der Waals surface area (Å²) < 4.78 is 54.8. The van der Waals surface area contributed by atoms with Crippen LogP contribution in [0.15, 0.2) is 42.5 Å². The van der Waals surface area contributed by atoms with E-state index in [2.05, 4.69) is 4.18 Å². The summed E-state index contributed by atoms with van der Waals surface area (Å²) in [6.07, 6.45) is 1.58. The molecular weight excluding hydrogens is 392 g/mol. The summed E-state index contributed by atoms with van der Waals surface area (Å²) in [5.74, 6) is -1.19. The number of hydrogen-bond acceptors (Lipinski definition) is 7. The zero-order valence-corrected chi connectivity index (χ0v) is 15.5. The van der Waals surface area contributed by atoms with Crippen molar-refractivity contribution >= 4 is 37.6 Å². The number of rotatable bonds is 6. The number of carbonyl (C=O) groups excluding carboxylic acids is 1. The van der Waals surface area contributed by atoms with Crippen LogP contribution in [0.25, 0.3) is 0 Å². The fourth-order valence-corrected chi connectivity index (χ4v) is 2.92. The van der Waals surface area contributed by atoms with E-state index < -0.39 is 31.8 Å². The van der Waals surface area contributed by atoms with Gasteiger partial charge in [0.15, 0.2) is 17.3 Å². The van der Waals surface area contributed by atoms with Crippen LogP contribution in [0, 0.1) is 0 Å². The average Bonchev–Trinajstić information content (AvgIpc) is 2.46. The normalized spacial score (nSPS) is 11.8. The van der Waals surface area contributed by atoms with Gasteiger partial charge in [-0.25, -0.2) is 0 Å². The molecule has 0 amide bonds. The van der Waals surface area contributed by atoms with Crippen LogP contribution in [0.2, 0.25) is 5.02 Å². The van der Waals surface area contributed by atoms with Gasteiger partial charge in [0.05, 0.1) is 12.5 Å². The lowest BCUT2D eigenvalue weighted by molar-refractivity contribution is 0.103. The summed E-state index contributed by atoms with van der Waals surface area (Å²) in [5.41, 5.74) is 0.397.